The molecule has 0 bridgehead atoms. The number of hydrazone groups is 1. The maximum absolute atomic E-state index is 12.1. The van der Waals surface area contributed by atoms with Crippen LogP contribution in [0.4, 0.5) is 5.69 Å². The summed E-state index contributed by atoms with van der Waals surface area (Å²) >= 11 is 0. The van der Waals surface area contributed by atoms with Crippen LogP contribution < -0.4 is 10.1 Å². The van der Waals surface area contributed by atoms with E-state index in [2.05, 4.69) is 27.1 Å². The second kappa shape index (κ2) is 9.54. The SMILES string of the molecule is CS(=O)(=O)Nc1ccc(C(=O)N/N=C/c2ccc(C#Cc3ccccc3)cc2)cc1. The molecule has 0 fully saturated rings. The van der Waals surface area contributed by atoms with Crippen molar-refractivity contribution < 1.29 is 13.2 Å². The van der Waals surface area contributed by atoms with Crippen LogP contribution in [0, 0.1) is 11.8 Å². The van der Waals surface area contributed by atoms with Crippen molar-refractivity contribution in [3.63, 3.8) is 0 Å². The van der Waals surface area contributed by atoms with Gasteiger partial charge in [0.05, 0.1) is 12.5 Å². The minimum absolute atomic E-state index is 0.359. The number of carbonyl (C=O) groups is 1. The second-order valence-corrected chi connectivity index (χ2v) is 8.14. The lowest BCUT2D eigenvalue weighted by molar-refractivity contribution is 0.0955. The number of anilines is 1. The van der Waals surface area contributed by atoms with Crippen molar-refractivity contribution in [1.82, 2.24) is 5.43 Å². The Morgan fingerprint density at radius 1 is 0.867 bits per heavy atom. The minimum Gasteiger partial charge on any atom is -0.284 e. The predicted molar refractivity (Wildman–Crippen MR) is 119 cm³/mol. The van der Waals surface area contributed by atoms with E-state index in [0.717, 1.165) is 22.9 Å². The molecule has 0 saturated carbocycles. The Morgan fingerprint density at radius 2 is 1.47 bits per heavy atom. The topological polar surface area (TPSA) is 87.6 Å². The van der Waals surface area contributed by atoms with Crippen molar-refractivity contribution >= 4 is 27.8 Å². The molecule has 0 saturated heterocycles. The first kappa shape index (κ1) is 20.8. The molecule has 0 aliphatic carbocycles. The standard InChI is InChI=1S/C23H19N3O3S/c1-30(28,29)26-22-15-13-21(14-16-22)23(27)25-24-17-20-11-9-19(10-12-20)8-7-18-5-3-2-4-6-18/h2-6,9-17,26H,1H3,(H,25,27)/b24-17+. The molecule has 0 radical (unpaired) electrons. The number of hydrogen-bond acceptors (Lipinski definition) is 4. The normalized spacial score (nSPS) is 10.8. The first-order chi connectivity index (χ1) is 14.4. The summed E-state index contributed by atoms with van der Waals surface area (Å²) in [6, 6.07) is 23.3. The highest BCUT2D eigenvalue weighted by Crippen LogP contribution is 2.11. The average Bonchev–Trinajstić information content (AvgIpc) is 2.73. The summed E-state index contributed by atoms with van der Waals surface area (Å²) in [5.74, 6) is 5.79. The summed E-state index contributed by atoms with van der Waals surface area (Å²) in [5, 5.41) is 3.95. The van der Waals surface area contributed by atoms with Crippen LogP contribution in [0.2, 0.25) is 0 Å². The van der Waals surface area contributed by atoms with Gasteiger partial charge in [-0.15, -0.1) is 0 Å². The van der Waals surface area contributed by atoms with E-state index >= 15 is 0 Å². The van der Waals surface area contributed by atoms with Crippen LogP contribution in [0.25, 0.3) is 0 Å². The van der Waals surface area contributed by atoms with E-state index in [1.165, 1.54) is 30.5 Å². The van der Waals surface area contributed by atoms with Crippen LogP contribution in [0.15, 0.2) is 84.0 Å². The van der Waals surface area contributed by atoms with Gasteiger partial charge in [0.2, 0.25) is 10.0 Å². The predicted octanol–water partition coefficient (Wildman–Crippen LogP) is 3.22. The molecule has 0 aliphatic heterocycles. The zero-order valence-electron chi connectivity index (χ0n) is 16.2. The zero-order chi connectivity index (χ0) is 21.4. The van der Waals surface area contributed by atoms with Crippen molar-refractivity contribution in [1.29, 1.82) is 0 Å². The van der Waals surface area contributed by atoms with Crippen LogP contribution in [-0.2, 0) is 10.0 Å². The highest BCUT2D eigenvalue weighted by molar-refractivity contribution is 7.92. The lowest BCUT2D eigenvalue weighted by Crippen LogP contribution is -2.17. The molecule has 0 atom stereocenters. The van der Waals surface area contributed by atoms with Gasteiger partial charge in [0.25, 0.3) is 5.91 Å². The molecule has 0 spiro atoms. The summed E-state index contributed by atoms with van der Waals surface area (Å²) in [6.07, 6.45) is 2.59. The summed E-state index contributed by atoms with van der Waals surface area (Å²) < 4.78 is 24.7. The molecular weight excluding hydrogens is 398 g/mol. The van der Waals surface area contributed by atoms with Crippen molar-refractivity contribution in [3.05, 3.63) is 101 Å². The first-order valence-corrected chi connectivity index (χ1v) is 10.9. The molecule has 3 rings (SSSR count). The Hall–Kier alpha value is -3.89. The van der Waals surface area contributed by atoms with E-state index < -0.39 is 15.9 Å². The van der Waals surface area contributed by atoms with Gasteiger partial charge in [-0.25, -0.2) is 13.8 Å². The number of carbonyl (C=O) groups excluding carboxylic acids is 1. The van der Waals surface area contributed by atoms with Crippen molar-refractivity contribution in [3.8, 4) is 11.8 Å². The van der Waals surface area contributed by atoms with E-state index in [1.807, 2.05) is 54.6 Å². The number of nitrogens with zero attached hydrogens (tertiary/aromatic N) is 1. The van der Waals surface area contributed by atoms with Crippen molar-refractivity contribution in [2.24, 2.45) is 5.10 Å². The maximum atomic E-state index is 12.1. The van der Waals surface area contributed by atoms with Gasteiger partial charge in [-0.05, 0) is 54.1 Å². The zero-order valence-corrected chi connectivity index (χ0v) is 17.0. The fourth-order valence-corrected chi connectivity index (χ4v) is 3.02. The van der Waals surface area contributed by atoms with Crippen molar-refractivity contribution in [2.75, 3.05) is 11.0 Å². The summed E-state index contributed by atoms with van der Waals surface area (Å²) in [6.45, 7) is 0. The Morgan fingerprint density at radius 3 is 2.07 bits per heavy atom. The third-order valence-corrected chi connectivity index (χ3v) is 4.47. The van der Waals surface area contributed by atoms with Crippen LogP contribution in [0.5, 0.6) is 0 Å². The van der Waals surface area contributed by atoms with Crippen molar-refractivity contribution in [2.45, 2.75) is 0 Å². The van der Waals surface area contributed by atoms with Crippen LogP contribution in [0.1, 0.15) is 27.0 Å². The minimum atomic E-state index is -3.36. The molecular formula is C23H19N3O3S. The highest BCUT2D eigenvalue weighted by atomic mass is 32.2. The molecule has 1 amide bonds. The lowest BCUT2D eigenvalue weighted by Gasteiger charge is -2.04. The lowest BCUT2D eigenvalue weighted by atomic mass is 10.1. The molecule has 7 heteroatoms. The van der Waals surface area contributed by atoms with E-state index in [4.69, 9.17) is 0 Å². The molecule has 3 aromatic rings. The van der Waals surface area contributed by atoms with Gasteiger partial charge in [-0.3, -0.25) is 9.52 Å². The molecule has 0 unspecified atom stereocenters. The number of rotatable bonds is 5. The van der Waals surface area contributed by atoms with Gasteiger partial charge < -0.3 is 0 Å². The Labute approximate surface area is 175 Å². The number of amides is 1. The van der Waals surface area contributed by atoms with Gasteiger partial charge in [0.15, 0.2) is 0 Å². The fourth-order valence-electron chi connectivity index (χ4n) is 2.45. The van der Waals surface area contributed by atoms with Crippen LogP contribution in [0.3, 0.4) is 0 Å². The second-order valence-electron chi connectivity index (χ2n) is 6.39. The quantitative estimate of drug-likeness (QED) is 0.380. The monoisotopic (exact) mass is 417 g/mol. The molecule has 6 nitrogen and oxygen atoms in total. The van der Waals surface area contributed by atoms with E-state index in [0.29, 0.717) is 11.3 Å². The summed E-state index contributed by atoms with van der Waals surface area (Å²) in [7, 11) is -3.36. The summed E-state index contributed by atoms with van der Waals surface area (Å²) in [4.78, 5) is 12.1. The third kappa shape index (κ3) is 6.62. The van der Waals surface area contributed by atoms with Gasteiger partial charge in [0, 0.05) is 22.4 Å². The molecule has 150 valence electrons. The van der Waals surface area contributed by atoms with Gasteiger partial charge in [0.1, 0.15) is 0 Å². The molecule has 0 aliphatic rings. The van der Waals surface area contributed by atoms with E-state index in [-0.39, 0.29) is 0 Å². The molecule has 0 aromatic heterocycles. The molecule has 2 N–H and O–H groups in total. The number of benzene rings is 3. The molecule has 0 heterocycles. The van der Waals surface area contributed by atoms with E-state index in [9.17, 15) is 13.2 Å². The Bertz CT molecular complexity index is 1210. The van der Waals surface area contributed by atoms with Gasteiger partial charge in [-0.2, -0.15) is 5.10 Å². The third-order valence-electron chi connectivity index (χ3n) is 3.87. The van der Waals surface area contributed by atoms with Gasteiger partial charge in [-0.1, -0.05) is 42.2 Å². The van der Waals surface area contributed by atoms with Gasteiger partial charge >= 0.3 is 0 Å². The fraction of sp³-hybridized carbons (Fsp3) is 0.0435. The maximum Gasteiger partial charge on any atom is 0.271 e. The largest absolute Gasteiger partial charge is 0.284 e. The Kier molecular flexibility index (Phi) is 6.63. The molecule has 3 aromatic carbocycles. The number of hydrogen-bond donors (Lipinski definition) is 2. The highest BCUT2D eigenvalue weighted by Gasteiger charge is 2.06. The number of nitrogens with one attached hydrogen (secondary N) is 2. The van der Waals surface area contributed by atoms with E-state index in [1.54, 1.807) is 0 Å². The first-order valence-electron chi connectivity index (χ1n) is 8.97. The Balaban J connectivity index is 1.56. The summed E-state index contributed by atoms with van der Waals surface area (Å²) in [5.41, 5.74) is 5.82. The van der Waals surface area contributed by atoms with Crippen LogP contribution >= 0.6 is 0 Å². The van der Waals surface area contributed by atoms with Crippen LogP contribution in [-0.4, -0.2) is 26.8 Å². The molecule has 30 heavy (non-hydrogen) atoms. The average molecular weight is 417 g/mol. The smallest absolute Gasteiger partial charge is 0.271 e. The number of sulfonamides is 1.